The Morgan fingerprint density at radius 3 is 1.74 bits per heavy atom. The molecule has 1 saturated heterocycles. The van der Waals surface area contributed by atoms with Gasteiger partial charge < -0.3 is 20.4 Å². The molecular weight excluding hydrogens is 532 g/mol. The van der Waals surface area contributed by atoms with Gasteiger partial charge in [-0.2, -0.15) is 0 Å². The fourth-order valence-electron chi connectivity index (χ4n) is 6.27. The molecule has 4 aromatic carbocycles. The van der Waals surface area contributed by atoms with Gasteiger partial charge in [0.1, 0.15) is 11.0 Å². The van der Waals surface area contributed by atoms with Crippen LogP contribution in [0.15, 0.2) is 121 Å². The molecule has 222 valence electrons. The fourth-order valence-corrected chi connectivity index (χ4v) is 6.27. The Morgan fingerprint density at radius 2 is 1.23 bits per heavy atom. The van der Waals surface area contributed by atoms with E-state index in [9.17, 15) is 9.59 Å². The number of rotatable bonds is 11. The van der Waals surface area contributed by atoms with Crippen molar-refractivity contribution in [3.05, 3.63) is 138 Å². The average molecular weight is 575 g/mol. The van der Waals surface area contributed by atoms with E-state index in [1.807, 2.05) is 111 Å². The van der Waals surface area contributed by atoms with Crippen molar-refractivity contribution in [3.8, 4) is 0 Å². The van der Waals surface area contributed by atoms with Gasteiger partial charge in [-0.3, -0.25) is 9.59 Å². The van der Waals surface area contributed by atoms with Crippen molar-refractivity contribution in [1.82, 2.24) is 15.1 Å². The molecule has 1 aliphatic rings. The van der Waals surface area contributed by atoms with E-state index in [0.29, 0.717) is 25.8 Å². The monoisotopic (exact) mass is 574 g/mol. The van der Waals surface area contributed by atoms with Gasteiger partial charge in [-0.25, -0.2) is 0 Å². The Bertz CT molecular complexity index is 1410. The number of hydrogen-bond donors (Lipinski definition) is 2. The molecule has 0 radical (unpaired) electrons. The average Bonchev–Trinajstić information content (AvgIpc) is 3.06. The lowest BCUT2D eigenvalue weighted by Crippen LogP contribution is -2.58. The van der Waals surface area contributed by atoms with Crippen molar-refractivity contribution in [2.75, 3.05) is 39.0 Å². The second kappa shape index (κ2) is 13.7. The Balaban J connectivity index is 1.36. The SMILES string of the molecule is CN(C)C(=O)C(CCN1CCC(Nc2ccccc2)(C(=O)NCc2ccccc2)CC1)(c1ccccc1)c1ccccc1. The predicted molar refractivity (Wildman–Crippen MR) is 174 cm³/mol. The largest absolute Gasteiger partial charge is 0.371 e. The number of benzene rings is 4. The van der Waals surface area contributed by atoms with Crippen LogP contribution >= 0.6 is 0 Å². The first-order valence-corrected chi connectivity index (χ1v) is 15.1. The molecule has 0 aromatic heterocycles. The number of piperidine rings is 1. The summed E-state index contributed by atoms with van der Waals surface area (Å²) >= 11 is 0. The molecule has 6 heteroatoms. The van der Waals surface area contributed by atoms with Gasteiger partial charge >= 0.3 is 0 Å². The normalized spacial score (nSPS) is 14.9. The van der Waals surface area contributed by atoms with Crippen LogP contribution in [0.1, 0.15) is 36.0 Å². The number of likely N-dealkylation sites (N-methyl/N-ethyl adjacent to an activating group) is 1. The first-order valence-electron chi connectivity index (χ1n) is 15.1. The fraction of sp³-hybridized carbons (Fsp3) is 0.297. The zero-order chi connectivity index (χ0) is 30.1. The molecule has 0 aliphatic carbocycles. The van der Waals surface area contributed by atoms with Crippen LogP contribution in [0.2, 0.25) is 0 Å². The number of amides is 2. The van der Waals surface area contributed by atoms with E-state index in [4.69, 9.17) is 0 Å². The van der Waals surface area contributed by atoms with Gasteiger partial charge in [0.15, 0.2) is 0 Å². The summed E-state index contributed by atoms with van der Waals surface area (Å²) in [5, 5.41) is 6.81. The molecule has 0 atom stereocenters. The molecule has 1 heterocycles. The number of carbonyl (C=O) groups is 2. The van der Waals surface area contributed by atoms with E-state index in [2.05, 4.69) is 39.8 Å². The molecule has 0 bridgehead atoms. The molecule has 43 heavy (non-hydrogen) atoms. The van der Waals surface area contributed by atoms with Gasteiger partial charge in [-0.05, 0) is 54.6 Å². The van der Waals surface area contributed by atoms with Gasteiger partial charge in [-0.1, -0.05) is 109 Å². The number of anilines is 1. The van der Waals surface area contributed by atoms with Gasteiger partial charge in [0.2, 0.25) is 11.8 Å². The minimum Gasteiger partial charge on any atom is -0.371 e. The lowest BCUT2D eigenvalue weighted by Gasteiger charge is -2.43. The van der Waals surface area contributed by atoms with Crippen molar-refractivity contribution in [2.45, 2.75) is 36.8 Å². The van der Waals surface area contributed by atoms with Crippen LogP contribution in [0, 0.1) is 0 Å². The van der Waals surface area contributed by atoms with E-state index in [1.165, 1.54) is 0 Å². The molecule has 1 fully saturated rings. The number of likely N-dealkylation sites (tertiary alicyclic amines) is 1. The van der Waals surface area contributed by atoms with E-state index in [1.54, 1.807) is 4.90 Å². The summed E-state index contributed by atoms with van der Waals surface area (Å²) < 4.78 is 0. The summed E-state index contributed by atoms with van der Waals surface area (Å²) in [5.41, 5.74) is 2.48. The van der Waals surface area contributed by atoms with Gasteiger partial charge in [0.25, 0.3) is 0 Å². The van der Waals surface area contributed by atoms with E-state index >= 15 is 0 Å². The lowest BCUT2D eigenvalue weighted by atomic mass is 9.70. The van der Waals surface area contributed by atoms with E-state index in [-0.39, 0.29) is 11.8 Å². The minimum atomic E-state index is -0.810. The smallest absolute Gasteiger partial charge is 0.246 e. The van der Waals surface area contributed by atoms with Gasteiger partial charge in [0.05, 0.1) is 0 Å². The minimum absolute atomic E-state index is 0.0190. The zero-order valence-electron chi connectivity index (χ0n) is 25.2. The summed E-state index contributed by atoms with van der Waals surface area (Å²) in [5.74, 6) is 0.0906. The zero-order valence-corrected chi connectivity index (χ0v) is 25.2. The van der Waals surface area contributed by atoms with Crippen LogP contribution in [-0.4, -0.2) is 60.9 Å². The Morgan fingerprint density at radius 1 is 0.744 bits per heavy atom. The molecule has 6 nitrogen and oxygen atoms in total. The highest BCUT2D eigenvalue weighted by Crippen LogP contribution is 2.38. The summed E-state index contributed by atoms with van der Waals surface area (Å²) in [6.07, 6.45) is 1.96. The number of hydrogen-bond acceptors (Lipinski definition) is 4. The van der Waals surface area contributed by atoms with Gasteiger partial charge in [0, 0.05) is 39.4 Å². The highest BCUT2D eigenvalue weighted by atomic mass is 16.2. The molecular formula is C37H42N4O2. The van der Waals surface area contributed by atoms with Crippen molar-refractivity contribution in [2.24, 2.45) is 0 Å². The highest BCUT2D eigenvalue weighted by molar-refractivity contribution is 5.92. The molecule has 1 aliphatic heterocycles. The lowest BCUT2D eigenvalue weighted by molar-refractivity contribution is -0.133. The molecule has 0 saturated carbocycles. The van der Waals surface area contributed by atoms with E-state index < -0.39 is 11.0 Å². The molecule has 0 unspecified atom stereocenters. The molecule has 2 amide bonds. The third kappa shape index (κ3) is 6.81. The number of nitrogens with one attached hydrogen (secondary N) is 2. The summed E-state index contributed by atoms with van der Waals surface area (Å²) in [6.45, 7) is 2.71. The quantitative estimate of drug-likeness (QED) is 0.241. The van der Waals surface area contributed by atoms with Crippen LogP contribution in [0.4, 0.5) is 5.69 Å². The molecule has 2 N–H and O–H groups in total. The molecule has 4 aromatic rings. The Hall–Kier alpha value is -4.42. The van der Waals surface area contributed by atoms with Gasteiger partial charge in [-0.15, -0.1) is 0 Å². The van der Waals surface area contributed by atoms with Crippen molar-refractivity contribution < 1.29 is 9.59 Å². The maximum atomic E-state index is 14.1. The number of para-hydroxylation sites is 1. The maximum absolute atomic E-state index is 14.1. The molecule has 0 spiro atoms. The van der Waals surface area contributed by atoms with E-state index in [0.717, 1.165) is 42.0 Å². The number of nitrogens with zero attached hydrogens (tertiary/aromatic N) is 2. The first-order chi connectivity index (χ1) is 20.9. The van der Waals surface area contributed by atoms with Crippen molar-refractivity contribution >= 4 is 17.5 Å². The predicted octanol–water partition coefficient (Wildman–Crippen LogP) is 5.71. The van der Waals surface area contributed by atoms with Crippen LogP contribution in [-0.2, 0) is 21.5 Å². The standard InChI is InChI=1S/C37H42N4O2/c1-40(2)35(43)37(31-17-9-4-10-18-31,32-19-11-5-12-20-32)25-28-41-26-23-36(24-27-41,39-33-21-13-6-14-22-33)34(42)38-29-30-15-7-3-8-16-30/h3-22,39H,23-29H2,1-2H3,(H,38,42). The topological polar surface area (TPSA) is 64.7 Å². The third-order valence-corrected chi connectivity index (χ3v) is 8.71. The maximum Gasteiger partial charge on any atom is 0.246 e. The second-order valence-electron chi connectivity index (χ2n) is 11.7. The first kappa shape index (κ1) is 30.1. The Kier molecular flexibility index (Phi) is 9.58. The highest BCUT2D eigenvalue weighted by Gasteiger charge is 2.45. The van der Waals surface area contributed by atoms with Crippen LogP contribution in [0.25, 0.3) is 0 Å². The van der Waals surface area contributed by atoms with Crippen molar-refractivity contribution in [3.63, 3.8) is 0 Å². The third-order valence-electron chi connectivity index (χ3n) is 8.71. The summed E-state index contributed by atoms with van der Waals surface area (Å²) in [4.78, 5) is 32.0. The Labute approximate surface area is 255 Å². The van der Waals surface area contributed by atoms with Crippen LogP contribution < -0.4 is 10.6 Å². The molecule has 5 rings (SSSR count). The summed E-state index contributed by atoms with van der Waals surface area (Å²) in [7, 11) is 3.67. The second-order valence-corrected chi connectivity index (χ2v) is 11.7. The van der Waals surface area contributed by atoms with Crippen LogP contribution in [0.5, 0.6) is 0 Å². The summed E-state index contributed by atoms with van der Waals surface area (Å²) in [6, 6.07) is 40.3. The van der Waals surface area contributed by atoms with Crippen LogP contribution in [0.3, 0.4) is 0 Å². The van der Waals surface area contributed by atoms with Crippen molar-refractivity contribution in [1.29, 1.82) is 0 Å². The number of carbonyl (C=O) groups excluding carboxylic acids is 2.